The average Bonchev–Trinajstić information content (AvgIpc) is 3.28. The minimum absolute atomic E-state index is 0.0484. The van der Waals surface area contributed by atoms with Crippen molar-refractivity contribution in [2.75, 3.05) is 13.1 Å². The molecule has 1 saturated carbocycles. The Morgan fingerprint density at radius 3 is 2.95 bits per heavy atom. The molecule has 114 valence electrons. The second kappa shape index (κ2) is 5.47. The molecule has 22 heavy (non-hydrogen) atoms. The van der Waals surface area contributed by atoms with Gasteiger partial charge >= 0.3 is 0 Å². The second-order valence-corrected chi connectivity index (χ2v) is 6.03. The molecule has 2 fully saturated rings. The van der Waals surface area contributed by atoms with E-state index in [9.17, 15) is 4.79 Å². The topological polar surface area (TPSA) is 76.8 Å². The first kappa shape index (κ1) is 13.4. The molecule has 7 heteroatoms. The first-order valence-corrected chi connectivity index (χ1v) is 7.78. The van der Waals surface area contributed by atoms with Crippen LogP contribution in [0, 0.1) is 0 Å². The zero-order valence-corrected chi connectivity index (χ0v) is 12.3. The van der Waals surface area contributed by atoms with Gasteiger partial charge in [0.1, 0.15) is 6.33 Å². The fraction of sp³-hybridized carbons (Fsp3) is 0.533. The van der Waals surface area contributed by atoms with E-state index in [4.69, 9.17) is 0 Å². The highest BCUT2D eigenvalue weighted by atomic mass is 16.2. The number of amides is 1. The maximum Gasteiger partial charge on any atom is 0.257 e. The molecule has 1 amide bonds. The zero-order valence-electron chi connectivity index (χ0n) is 12.3. The van der Waals surface area contributed by atoms with Gasteiger partial charge in [0.2, 0.25) is 0 Å². The van der Waals surface area contributed by atoms with E-state index in [1.807, 2.05) is 15.8 Å². The summed E-state index contributed by atoms with van der Waals surface area (Å²) in [5.74, 6) is 0.491. The Balaban J connectivity index is 1.55. The Hall–Kier alpha value is -2.31. The predicted octanol–water partition coefficient (Wildman–Crippen LogP) is 1.42. The molecule has 1 aliphatic carbocycles. The minimum Gasteiger partial charge on any atom is -0.336 e. The standard InChI is InChI=1S/C15H18N6O/c22-15(13-8-16-10-17-14(13)11-3-4-11)20-6-1-2-12(9-20)21-7-5-18-19-21/h5,7-8,10-12H,1-4,6,9H2. The normalized spacial score (nSPS) is 21.8. The van der Waals surface area contributed by atoms with Crippen molar-refractivity contribution in [2.45, 2.75) is 37.6 Å². The summed E-state index contributed by atoms with van der Waals surface area (Å²) in [7, 11) is 0. The van der Waals surface area contributed by atoms with Crippen LogP contribution >= 0.6 is 0 Å². The lowest BCUT2D eigenvalue weighted by Gasteiger charge is -2.32. The van der Waals surface area contributed by atoms with Gasteiger partial charge in [0.15, 0.2) is 0 Å². The number of hydrogen-bond donors (Lipinski definition) is 0. The van der Waals surface area contributed by atoms with Gasteiger partial charge in [-0.3, -0.25) is 4.79 Å². The number of carbonyl (C=O) groups is 1. The number of piperidine rings is 1. The highest BCUT2D eigenvalue weighted by Gasteiger charge is 2.33. The van der Waals surface area contributed by atoms with E-state index in [-0.39, 0.29) is 11.9 Å². The molecular formula is C15H18N6O. The third-order valence-electron chi connectivity index (χ3n) is 4.44. The lowest BCUT2D eigenvalue weighted by atomic mass is 10.0. The SMILES string of the molecule is O=C(c1cncnc1C1CC1)N1CCCC(n2ccnn2)C1. The molecule has 0 aromatic carbocycles. The van der Waals surface area contributed by atoms with Gasteiger partial charge in [-0.2, -0.15) is 0 Å². The summed E-state index contributed by atoms with van der Waals surface area (Å²) < 4.78 is 1.85. The third kappa shape index (κ3) is 2.47. The lowest BCUT2D eigenvalue weighted by Crippen LogP contribution is -2.41. The first-order chi connectivity index (χ1) is 10.8. The van der Waals surface area contributed by atoms with Crippen LogP contribution in [-0.4, -0.2) is 48.9 Å². The number of aromatic nitrogens is 5. The monoisotopic (exact) mass is 298 g/mol. The van der Waals surface area contributed by atoms with Crippen molar-refractivity contribution in [1.82, 2.24) is 29.9 Å². The van der Waals surface area contributed by atoms with E-state index in [0.717, 1.165) is 37.9 Å². The quantitative estimate of drug-likeness (QED) is 0.856. The number of likely N-dealkylation sites (tertiary alicyclic amines) is 1. The summed E-state index contributed by atoms with van der Waals surface area (Å²) in [5.41, 5.74) is 1.59. The highest BCUT2D eigenvalue weighted by Crippen LogP contribution is 2.40. The largest absolute Gasteiger partial charge is 0.336 e. The molecule has 1 unspecified atom stereocenters. The van der Waals surface area contributed by atoms with Crippen molar-refractivity contribution >= 4 is 5.91 Å². The van der Waals surface area contributed by atoms with Gasteiger partial charge in [0.05, 0.1) is 23.5 Å². The van der Waals surface area contributed by atoms with Crippen LogP contribution in [-0.2, 0) is 0 Å². The fourth-order valence-electron chi connectivity index (χ4n) is 3.12. The average molecular weight is 298 g/mol. The van der Waals surface area contributed by atoms with Gasteiger partial charge in [-0.25, -0.2) is 14.6 Å². The van der Waals surface area contributed by atoms with E-state index in [1.54, 1.807) is 18.7 Å². The molecule has 0 radical (unpaired) electrons. The smallest absolute Gasteiger partial charge is 0.257 e. The van der Waals surface area contributed by atoms with Crippen LogP contribution in [0.5, 0.6) is 0 Å². The molecule has 1 saturated heterocycles. The van der Waals surface area contributed by atoms with Gasteiger partial charge in [-0.05, 0) is 25.7 Å². The van der Waals surface area contributed by atoms with Gasteiger partial charge < -0.3 is 4.90 Å². The summed E-state index contributed by atoms with van der Waals surface area (Å²) in [6, 6.07) is 0.203. The van der Waals surface area contributed by atoms with Crippen molar-refractivity contribution in [3.05, 3.63) is 36.2 Å². The molecule has 2 aromatic rings. The maximum absolute atomic E-state index is 12.9. The minimum atomic E-state index is 0.0484. The molecule has 1 atom stereocenters. The Morgan fingerprint density at radius 2 is 2.18 bits per heavy atom. The summed E-state index contributed by atoms with van der Waals surface area (Å²) >= 11 is 0. The van der Waals surface area contributed by atoms with Gasteiger partial charge in [-0.1, -0.05) is 5.21 Å². The summed E-state index contributed by atoms with van der Waals surface area (Å²) in [5, 5.41) is 7.93. The predicted molar refractivity (Wildman–Crippen MR) is 78.2 cm³/mol. The Bertz CT molecular complexity index is 666. The van der Waals surface area contributed by atoms with E-state index in [2.05, 4.69) is 20.3 Å². The number of nitrogens with zero attached hydrogens (tertiary/aromatic N) is 6. The number of rotatable bonds is 3. The van der Waals surface area contributed by atoms with Crippen LogP contribution in [0.1, 0.15) is 53.7 Å². The Kier molecular flexibility index (Phi) is 3.32. The summed E-state index contributed by atoms with van der Waals surface area (Å²) in [6.45, 7) is 1.45. The number of carbonyl (C=O) groups excluding carboxylic acids is 1. The summed E-state index contributed by atoms with van der Waals surface area (Å²) in [6.07, 6.45) is 11.0. The summed E-state index contributed by atoms with van der Waals surface area (Å²) in [4.78, 5) is 23.2. The Morgan fingerprint density at radius 1 is 1.27 bits per heavy atom. The van der Waals surface area contributed by atoms with E-state index in [0.29, 0.717) is 18.0 Å². The third-order valence-corrected chi connectivity index (χ3v) is 4.44. The van der Waals surface area contributed by atoms with Crippen LogP contribution in [0.3, 0.4) is 0 Å². The van der Waals surface area contributed by atoms with Gasteiger partial charge in [-0.15, -0.1) is 5.10 Å². The first-order valence-electron chi connectivity index (χ1n) is 7.78. The van der Waals surface area contributed by atoms with E-state index >= 15 is 0 Å². The molecule has 7 nitrogen and oxygen atoms in total. The van der Waals surface area contributed by atoms with Crippen molar-refractivity contribution in [3.63, 3.8) is 0 Å². The van der Waals surface area contributed by atoms with Crippen molar-refractivity contribution in [2.24, 2.45) is 0 Å². The van der Waals surface area contributed by atoms with Crippen LogP contribution in [0.25, 0.3) is 0 Å². The highest BCUT2D eigenvalue weighted by molar-refractivity contribution is 5.95. The molecule has 0 bridgehead atoms. The molecular weight excluding hydrogens is 280 g/mol. The molecule has 1 aliphatic heterocycles. The number of hydrogen-bond acceptors (Lipinski definition) is 5. The van der Waals surface area contributed by atoms with Crippen LogP contribution in [0.4, 0.5) is 0 Å². The van der Waals surface area contributed by atoms with E-state index in [1.165, 1.54) is 0 Å². The van der Waals surface area contributed by atoms with Crippen LogP contribution in [0.15, 0.2) is 24.9 Å². The molecule has 0 N–H and O–H groups in total. The van der Waals surface area contributed by atoms with Crippen molar-refractivity contribution in [1.29, 1.82) is 0 Å². The molecule has 3 heterocycles. The zero-order chi connectivity index (χ0) is 14.9. The van der Waals surface area contributed by atoms with Crippen molar-refractivity contribution < 1.29 is 4.79 Å². The van der Waals surface area contributed by atoms with Gasteiger partial charge in [0, 0.05) is 31.4 Å². The lowest BCUT2D eigenvalue weighted by molar-refractivity contribution is 0.0669. The van der Waals surface area contributed by atoms with E-state index < -0.39 is 0 Å². The molecule has 0 spiro atoms. The van der Waals surface area contributed by atoms with Crippen LogP contribution in [0.2, 0.25) is 0 Å². The van der Waals surface area contributed by atoms with Crippen molar-refractivity contribution in [3.8, 4) is 0 Å². The van der Waals surface area contributed by atoms with Gasteiger partial charge in [0.25, 0.3) is 5.91 Å². The second-order valence-electron chi connectivity index (χ2n) is 6.03. The molecule has 4 rings (SSSR count). The fourth-order valence-corrected chi connectivity index (χ4v) is 3.12. The molecule has 2 aliphatic rings. The molecule has 2 aromatic heterocycles. The van der Waals surface area contributed by atoms with Crippen LogP contribution < -0.4 is 0 Å². The Labute approximate surface area is 128 Å². The maximum atomic E-state index is 12.9.